The van der Waals surface area contributed by atoms with Crippen LogP contribution in [0.2, 0.25) is 0 Å². The van der Waals surface area contributed by atoms with E-state index in [1.54, 1.807) is 17.5 Å². The molecule has 8 nitrogen and oxygen atoms in total. The number of allylic oxidation sites excluding steroid dienone is 1. The van der Waals surface area contributed by atoms with Gasteiger partial charge in [0.2, 0.25) is 0 Å². The zero-order chi connectivity index (χ0) is 33.6. The van der Waals surface area contributed by atoms with Gasteiger partial charge < -0.3 is 19.1 Å². The van der Waals surface area contributed by atoms with Crippen molar-refractivity contribution in [3.8, 4) is 39.4 Å². The van der Waals surface area contributed by atoms with Crippen LogP contribution in [0.15, 0.2) is 78.9 Å². The van der Waals surface area contributed by atoms with Crippen molar-refractivity contribution in [2.75, 3.05) is 31.7 Å². The summed E-state index contributed by atoms with van der Waals surface area (Å²) in [5, 5.41) is 5.05. The van der Waals surface area contributed by atoms with Crippen LogP contribution in [0, 0.1) is 12.7 Å². The van der Waals surface area contributed by atoms with Crippen molar-refractivity contribution in [1.82, 2.24) is 14.6 Å². The Bertz CT molecular complexity index is 2060. The number of halogens is 1. The normalized spacial score (nSPS) is 15.0. The Morgan fingerprint density at radius 2 is 1.81 bits per heavy atom. The lowest BCUT2D eigenvalue weighted by Crippen LogP contribution is -2.33. The van der Waals surface area contributed by atoms with Crippen molar-refractivity contribution in [2.45, 2.75) is 52.2 Å². The summed E-state index contributed by atoms with van der Waals surface area (Å²) in [6, 6.07) is 21.9. The number of esters is 1. The molecule has 0 amide bonds. The summed E-state index contributed by atoms with van der Waals surface area (Å²) >= 11 is 0. The van der Waals surface area contributed by atoms with Gasteiger partial charge in [0.1, 0.15) is 18.2 Å². The number of benzene rings is 3. The van der Waals surface area contributed by atoms with Crippen molar-refractivity contribution in [3.05, 3.63) is 102 Å². The lowest BCUT2D eigenvalue weighted by molar-refractivity contribution is -0.164. The quantitative estimate of drug-likeness (QED) is 0.146. The maximum absolute atomic E-state index is 16.5. The van der Waals surface area contributed by atoms with Gasteiger partial charge in [0.15, 0.2) is 11.8 Å². The minimum absolute atomic E-state index is 0.253. The molecule has 2 aliphatic rings. The molecule has 0 fully saturated rings. The summed E-state index contributed by atoms with van der Waals surface area (Å²) in [7, 11) is 1.32. The molecule has 0 unspecified atom stereocenters. The molecule has 0 spiro atoms. The minimum atomic E-state index is -1.20. The molecule has 7 rings (SSSR count). The Labute approximate surface area is 279 Å². The van der Waals surface area contributed by atoms with Gasteiger partial charge in [-0.25, -0.2) is 18.7 Å². The number of methoxy groups -OCH3 is 1. The van der Waals surface area contributed by atoms with Crippen LogP contribution in [-0.2, 0) is 20.7 Å². The molecule has 4 heterocycles. The van der Waals surface area contributed by atoms with Crippen molar-refractivity contribution in [3.63, 3.8) is 0 Å². The maximum atomic E-state index is 16.5. The number of aromatic nitrogens is 3. The first kappa shape index (κ1) is 31.6. The summed E-state index contributed by atoms with van der Waals surface area (Å²) < 4.78 is 35.6. The highest BCUT2D eigenvalue weighted by molar-refractivity contribution is 5.84. The van der Waals surface area contributed by atoms with E-state index >= 15 is 4.39 Å². The first-order valence-corrected chi connectivity index (χ1v) is 16.3. The first-order valence-electron chi connectivity index (χ1n) is 16.3. The van der Waals surface area contributed by atoms with Gasteiger partial charge in [-0.2, -0.15) is 5.10 Å². The van der Waals surface area contributed by atoms with E-state index in [4.69, 9.17) is 24.3 Å². The Kier molecular flexibility index (Phi) is 8.25. The highest BCUT2D eigenvalue weighted by atomic mass is 19.1. The maximum Gasteiger partial charge on any atom is 0.339 e. The first-order chi connectivity index (χ1) is 23.1. The zero-order valence-corrected chi connectivity index (χ0v) is 27.9. The van der Waals surface area contributed by atoms with Crippen molar-refractivity contribution < 1.29 is 23.4 Å². The molecule has 3 aromatic carbocycles. The standard InChI is InChI=1S/C39H39FN4O4/c1-24-35(37(38(45)46-5)48-39(2,3)4)36-29-21-32-33(22-30(29)40)47-19-18-43(32)17-10-6-7-12-25-13-8-9-16-28(25)26-14-11-15-27(20-26)31-23-34(41-24)44(36)42-31/h6,8-11,13-16,20-23,37H,7,12,17-19H2,1-5H3/t37-/m0/s1. The van der Waals surface area contributed by atoms with Crippen LogP contribution < -0.4 is 9.64 Å². The summed E-state index contributed by atoms with van der Waals surface area (Å²) in [5.41, 5.74) is 7.12. The van der Waals surface area contributed by atoms with Crippen LogP contribution in [0.3, 0.4) is 0 Å². The van der Waals surface area contributed by atoms with Crippen LogP contribution in [0.1, 0.15) is 50.1 Å². The van der Waals surface area contributed by atoms with E-state index in [-0.39, 0.29) is 5.56 Å². The molecule has 2 aromatic heterocycles. The second-order valence-corrected chi connectivity index (χ2v) is 13.2. The van der Waals surface area contributed by atoms with Crippen LogP contribution >= 0.6 is 0 Å². The van der Waals surface area contributed by atoms with Crippen LogP contribution in [0.5, 0.6) is 5.75 Å². The molecular formula is C39H39FN4O4. The molecule has 0 N–H and O–H groups in total. The Morgan fingerprint density at radius 3 is 2.62 bits per heavy atom. The topological polar surface area (TPSA) is 78.2 Å². The van der Waals surface area contributed by atoms with E-state index < -0.39 is 23.5 Å². The van der Waals surface area contributed by atoms with Gasteiger partial charge in [-0.3, -0.25) is 0 Å². The number of aryl methyl sites for hydroxylation is 2. The molecule has 6 bridgehead atoms. The predicted octanol–water partition coefficient (Wildman–Crippen LogP) is 7.91. The van der Waals surface area contributed by atoms with E-state index in [0.29, 0.717) is 53.7 Å². The smallest absolute Gasteiger partial charge is 0.339 e. The lowest BCUT2D eigenvalue weighted by atomic mass is 9.95. The van der Waals surface area contributed by atoms with Crippen molar-refractivity contribution >= 4 is 17.3 Å². The van der Waals surface area contributed by atoms with Gasteiger partial charge in [-0.1, -0.05) is 54.6 Å². The molecule has 48 heavy (non-hydrogen) atoms. The average Bonchev–Trinajstić information content (AvgIpc) is 3.49. The largest absolute Gasteiger partial charge is 0.489 e. The summed E-state index contributed by atoms with van der Waals surface area (Å²) in [4.78, 5) is 20.5. The molecule has 0 radical (unpaired) electrons. The van der Waals surface area contributed by atoms with E-state index in [9.17, 15) is 4.79 Å². The molecule has 5 aromatic rings. The third-order valence-electron chi connectivity index (χ3n) is 8.80. The second-order valence-electron chi connectivity index (χ2n) is 13.2. The molecular weight excluding hydrogens is 607 g/mol. The second kappa shape index (κ2) is 12.5. The van der Waals surface area contributed by atoms with Gasteiger partial charge in [-0.15, -0.1) is 0 Å². The summed E-state index contributed by atoms with van der Waals surface area (Å²) in [6.45, 7) is 9.10. The number of ether oxygens (including phenoxy) is 3. The zero-order valence-electron chi connectivity index (χ0n) is 27.9. The van der Waals surface area contributed by atoms with E-state index in [1.165, 1.54) is 24.3 Å². The molecule has 0 saturated carbocycles. The molecule has 1 atom stereocenters. The molecule has 246 valence electrons. The fourth-order valence-electron chi connectivity index (χ4n) is 6.62. The van der Waals surface area contributed by atoms with Crippen molar-refractivity contribution in [1.29, 1.82) is 0 Å². The third kappa shape index (κ3) is 5.94. The number of carbonyl (C=O) groups excluding carboxylic acids is 1. The number of nitrogens with zero attached hydrogens (tertiary/aromatic N) is 4. The van der Waals surface area contributed by atoms with Gasteiger partial charge in [0.25, 0.3) is 0 Å². The van der Waals surface area contributed by atoms with Crippen molar-refractivity contribution in [2.24, 2.45) is 0 Å². The number of carbonyl (C=O) groups is 1. The number of hydrogen-bond acceptors (Lipinski definition) is 7. The monoisotopic (exact) mass is 646 g/mol. The lowest BCUT2D eigenvalue weighted by Gasteiger charge is -2.32. The fourth-order valence-corrected chi connectivity index (χ4v) is 6.62. The van der Waals surface area contributed by atoms with Crippen LogP contribution in [0.25, 0.3) is 39.3 Å². The van der Waals surface area contributed by atoms with E-state index in [0.717, 1.165) is 29.7 Å². The highest BCUT2D eigenvalue weighted by Crippen LogP contribution is 2.42. The third-order valence-corrected chi connectivity index (χ3v) is 8.80. The summed E-state index contributed by atoms with van der Waals surface area (Å²) in [6.07, 6.45) is 4.95. The summed E-state index contributed by atoms with van der Waals surface area (Å²) in [5.74, 6) is -0.656. The highest BCUT2D eigenvalue weighted by Gasteiger charge is 2.35. The number of anilines is 1. The predicted molar refractivity (Wildman–Crippen MR) is 185 cm³/mol. The van der Waals surface area contributed by atoms with E-state index in [1.807, 2.05) is 39.0 Å². The molecule has 0 saturated heterocycles. The van der Waals surface area contributed by atoms with Gasteiger partial charge in [-0.05, 0) is 69.4 Å². The number of rotatable bonds is 3. The SMILES string of the molecule is COC(=O)[C@@H](OC(C)(C)C)c1c(C)nc2cc3nn2c1-c1cc2c(cc1F)OCCN2CC=CCCc1ccccc1-c1cccc-3c1. The molecule has 2 aliphatic heterocycles. The van der Waals surface area contributed by atoms with Gasteiger partial charge in [0, 0.05) is 41.1 Å². The fraction of sp³-hybridized carbons (Fsp3) is 0.308. The van der Waals surface area contributed by atoms with Crippen LogP contribution in [0.4, 0.5) is 10.1 Å². The van der Waals surface area contributed by atoms with Gasteiger partial charge >= 0.3 is 5.97 Å². The Morgan fingerprint density at radius 1 is 1.00 bits per heavy atom. The van der Waals surface area contributed by atoms with E-state index in [2.05, 4.69) is 53.5 Å². The molecule has 9 heteroatoms. The minimum Gasteiger partial charge on any atom is -0.489 e. The Balaban J connectivity index is 1.54. The number of hydrogen-bond donors (Lipinski definition) is 0. The number of fused-ring (bicyclic) bond motifs is 8. The average molecular weight is 647 g/mol. The Hall–Kier alpha value is -5.02. The van der Waals surface area contributed by atoms with Crippen LogP contribution in [-0.4, -0.2) is 53.0 Å². The van der Waals surface area contributed by atoms with Gasteiger partial charge in [0.05, 0.1) is 36.3 Å². The molecule has 0 aliphatic carbocycles.